The first kappa shape index (κ1) is 32.1. The van der Waals surface area contributed by atoms with E-state index in [9.17, 15) is 0 Å². The van der Waals surface area contributed by atoms with Gasteiger partial charge in [0, 0.05) is 38.4 Å². The monoisotopic (exact) mass is 719 g/mol. The van der Waals surface area contributed by atoms with Crippen LogP contribution in [0, 0.1) is 0 Å². The third kappa shape index (κ3) is 5.52. The number of fused-ring (bicyclic) bond motifs is 6. The van der Waals surface area contributed by atoms with Crippen LogP contribution in [-0.4, -0.2) is 15.0 Å². The predicted octanol–water partition coefficient (Wildman–Crippen LogP) is 13.5. The molecule has 7 aromatic carbocycles. The van der Waals surface area contributed by atoms with Gasteiger partial charge in [-0.3, -0.25) is 0 Å². The second-order valence-corrected chi connectivity index (χ2v) is 14.3. The van der Waals surface area contributed by atoms with E-state index in [0.29, 0.717) is 17.5 Å². The lowest BCUT2D eigenvalue weighted by molar-refractivity contribution is 0.595. The highest BCUT2D eigenvalue weighted by Gasteiger charge is 2.22. The number of furan rings is 2. The molecule has 0 bridgehead atoms. The summed E-state index contributed by atoms with van der Waals surface area (Å²) in [4.78, 5) is 15.7. The number of allylic oxidation sites excluding steroid dienone is 1. The van der Waals surface area contributed by atoms with Gasteiger partial charge in [-0.2, -0.15) is 0 Å². The molecule has 1 aliphatic rings. The van der Waals surface area contributed by atoms with E-state index in [1.54, 1.807) is 0 Å². The van der Waals surface area contributed by atoms with Crippen LogP contribution in [0.15, 0.2) is 179 Å². The fraction of sp³-hybridized carbons (Fsp3) is 0.0392. The fourth-order valence-electron chi connectivity index (χ4n) is 8.14. The molecular weight excluding hydrogens is 687 g/mol. The predicted molar refractivity (Wildman–Crippen MR) is 227 cm³/mol. The van der Waals surface area contributed by atoms with Crippen molar-refractivity contribution in [2.45, 2.75) is 12.8 Å². The summed E-state index contributed by atoms with van der Waals surface area (Å²) >= 11 is 0. The van der Waals surface area contributed by atoms with E-state index in [0.717, 1.165) is 90.5 Å². The molecule has 0 amide bonds. The van der Waals surface area contributed by atoms with Gasteiger partial charge >= 0.3 is 0 Å². The van der Waals surface area contributed by atoms with Crippen LogP contribution in [0.3, 0.4) is 0 Å². The lowest BCUT2D eigenvalue weighted by atomic mass is 9.97. The highest BCUT2D eigenvalue weighted by atomic mass is 16.3. The van der Waals surface area contributed by atoms with Crippen LogP contribution >= 0.6 is 0 Å². The Morgan fingerprint density at radius 2 is 0.964 bits per heavy atom. The average molecular weight is 720 g/mol. The summed E-state index contributed by atoms with van der Waals surface area (Å²) in [5, 5.41) is 3.14. The van der Waals surface area contributed by atoms with E-state index in [4.69, 9.17) is 23.8 Å². The van der Waals surface area contributed by atoms with Crippen molar-refractivity contribution in [3.05, 3.63) is 181 Å². The molecule has 5 heteroatoms. The van der Waals surface area contributed by atoms with Gasteiger partial charge < -0.3 is 8.83 Å². The van der Waals surface area contributed by atoms with Gasteiger partial charge in [-0.05, 0) is 94.8 Å². The van der Waals surface area contributed by atoms with Crippen LogP contribution in [0.1, 0.15) is 17.7 Å². The molecule has 0 saturated heterocycles. The maximum Gasteiger partial charge on any atom is 0.164 e. The first-order chi connectivity index (χ1) is 27.7. The van der Waals surface area contributed by atoms with Crippen molar-refractivity contribution < 1.29 is 8.83 Å². The van der Waals surface area contributed by atoms with Crippen molar-refractivity contribution in [3.63, 3.8) is 0 Å². The van der Waals surface area contributed by atoms with Gasteiger partial charge in [-0.1, -0.05) is 127 Å². The molecule has 0 N–H and O–H groups in total. The molecule has 3 aromatic heterocycles. The number of rotatable bonds is 6. The SMILES string of the molecule is C1=Cc2oc3cccc(-c4nc(-c5cccc(-c6cccc(-c7ccccc7)c6)c5)nc(-c5ccc6oc7cccc(-c8ccccc8)c7c6c5)n4)c3c2CC1. The summed E-state index contributed by atoms with van der Waals surface area (Å²) in [5.41, 5.74) is 13.2. The van der Waals surface area contributed by atoms with Crippen LogP contribution in [0.25, 0.3) is 107 Å². The van der Waals surface area contributed by atoms with Gasteiger partial charge in [0.1, 0.15) is 22.5 Å². The topological polar surface area (TPSA) is 65.0 Å². The Morgan fingerprint density at radius 1 is 0.393 bits per heavy atom. The lowest BCUT2D eigenvalue weighted by Crippen LogP contribution is -2.01. The molecule has 1 aliphatic carbocycles. The molecule has 264 valence electrons. The fourth-order valence-corrected chi connectivity index (χ4v) is 8.14. The van der Waals surface area contributed by atoms with Crippen LogP contribution in [0.2, 0.25) is 0 Å². The number of hydrogen-bond acceptors (Lipinski definition) is 5. The lowest BCUT2D eigenvalue weighted by Gasteiger charge is -2.12. The smallest absolute Gasteiger partial charge is 0.164 e. The molecule has 0 fully saturated rings. The summed E-state index contributed by atoms with van der Waals surface area (Å²) in [6.45, 7) is 0. The van der Waals surface area contributed by atoms with E-state index in [-0.39, 0.29) is 0 Å². The normalized spacial score (nSPS) is 12.4. The third-order valence-corrected chi connectivity index (χ3v) is 10.8. The molecule has 0 spiro atoms. The van der Waals surface area contributed by atoms with Crippen LogP contribution in [0.5, 0.6) is 0 Å². The number of hydrogen-bond donors (Lipinski definition) is 0. The average Bonchev–Trinajstić information content (AvgIpc) is 3.85. The minimum Gasteiger partial charge on any atom is -0.456 e. The number of benzene rings is 7. The van der Waals surface area contributed by atoms with Crippen LogP contribution < -0.4 is 0 Å². The zero-order valence-electron chi connectivity index (χ0n) is 30.3. The quantitative estimate of drug-likeness (QED) is 0.171. The molecule has 0 atom stereocenters. The summed E-state index contributed by atoms with van der Waals surface area (Å²) in [7, 11) is 0. The molecule has 3 heterocycles. The maximum absolute atomic E-state index is 6.41. The first-order valence-corrected chi connectivity index (χ1v) is 19.0. The van der Waals surface area contributed by atoms with E-state index in [2.05, 4.69) is 133 Å². The van der Waals surface area contributed by atoms with E-state index < -0.39 is 0 Å². The zero-order chi connectivity index (χ0) is 37.0. The number of aryl methyl sites for hydroxylation is 1. The van der Waals surface area contributed by atoms with E-state index in [1.165, 1.54) is 16.7 Å². The van der Waals surface area contributed by atoms with Crippen molar-refractivity contribution in [3.8, 4) is 67.5 Å². The molecule has 0 unspecified atom stereocenters. The van der Waals surface area contributed by atoms with Crippen LogP contribution in [-0.2, 0) is 6.42 Å². The van der Waals surface area contributed by atoms with Gasteiger partial charge in [0.15, 0.2) is 17.5 Å². The number of aromatic nitrogens is 3. The van der Waals surface area contributed by atoms with Gasteiger partial charge in [0.25, 0.3) is 0 Å². The van der Waals surface area contributed by atoms with Gasteiger partial charge in [-0.25, -0.2) is 15.0 Å². The molecule has 56 heavy (non-hydrogen) atoms. The van der Waals surface area contributed by atoms with Crippen molar-refractivity contribution in [2.75, 3.05) is 0 Å². The Morgan fingerprint density at radius 3 is 1.71 bits per heavy atom. The van der Waals surface area contributed by atoms with Crippen molar-refractivity contribution in [1.82, 2.24) is 15.0 Å². The minimum atomic E-state index is 0.587. The van der Waals surface area contributed by atoms with E-state index in [1.807, 2.05) is 42.5 Å². The molecule has 10 aromatic rings. The standard InChI is InChI=1S/C51H33N3O2/c1-3-13-32(14-4-1)34-17-9-18-35(29-34)36-19-10-20-37(30-36)49-52-50(54-51(53-49)41-23-12-26-46-48(41)40-21-7-8-24-43(40)55-46)38-27-28-44-42(31-38)47-39(22-11-25-45(47)56-44)33-15-5-2-6-16-33/h1-6,8-20,22-31H,7,21H2. The van der Waals surface area contributed by atoms with Crippen molar-refractivity contribution in [1.29, 1.82) is 0 Å². The minimum absolute atomic E-state index is 0.587. The summed E-state index contributed by atoms with van der Waals surface area (Å²) in [6.07, 6.45) is 6.12. The van der Waals surface area contributed by atoms with Gasteiger partial charge in [0.2, 0.25) is 0 Å². The third-order valence-electron chi connectivity index (χ3n) is 10.8. The Labute approximate surface area is 323 Å². The molecule has 0 aliphatic heterocycles. The van der Waals surface area contributed by atoms with E-state index >= 15 is 0 Å². The molecular formula is C51H33N3O2. The largest absolute Gasteiger partial charge is 0.456 e. The highest BCUT2D eigenvalue weighted by molar-refractivity contribution is 6.13. The summed E-state index contributed by atoms with van der Waals surface area (Å²) in [6, 6.07) is 56.7. The summed E-state index contributed by atoms with van der Waals surface area (Å²) in [5.74, 6) is 2.70. The van der Waals surface area contributed by atoms with Crippen LogP contribution in [0.4, 0.5) is 0 Å². The maximum atomic E-state index is 6.41. The zero-order valence-corrected chi connectivity index (χ0v) is 30.3. The van der Waals surface area contributed by atoms with Gasteiger partial charge in [0.05, 0.1) is 0 Å². The molecule has 0 saturated carbocycles. The Hall–Kier alpha value is -7.37. The molecule has 0 radical (unpaired) electrons. The highest BCUT2D eigenvalue weighted by Crippen LogP contribution is 2.40. The van der Waals surface area contributed by atoms with Gasteiger partial charge in [-0.15, -0.1) is 0 Å². The Bertz CT molecular complexity index is 3140. The van der Waals surface area contributed by atoms with Crippen molar-refractivity contribution >= 4 is 39.0 Å². The molecule has 11 rings (SSSR count). The second kappa shape index (κ2) is 13.2. The molecule has 5 nitrogen and oxygen atoms in total. The van der Waals surface area contributed by atoms with Crippen molar-refractivity contribution in [2.24, 2.45) is 0 Å². The Kier molecular flexibility index (Phi) is 7.56. The summed E-state index contributed by atoms with van der Waals surface area (Å²) < 4.78 is 12.8. The Balaban J connectivity index is 1.10. The second-order valence-electron chi connectivity index (χ2n) is 14.3. The number of nitrogens with zero attached hydrogens (tertiary/aromatic N) is 3. The first-order valence-electron chi connectivity index (χ1n) is 19.0.